The van der Waals surface area contributed by atoms with E-state index in [0.717, 1.165) is 0 Å². The lowest BCUT2D eigenvalue weighted by molar-refractivity contribution is -0.132. The highest BCUT2D eigenvalue weighted by Crippen LogP contribution is 2.36. The average molecular weight is 399 g/mol. The molecule has 3 unspecified atom stereocenters. The molecule has 0 amide bonds. The Labute approximate surface area is 167 Å². The molecule has 4 rings (SSSR count). The van der Waals surface area contributed by atoms with Crippen molar-refractivity contribution in [3.8, 4) is 5.75 Å². The molecule has 0 N–H and O–H groups in total. The fourth-order valence-electron chi connectivity index (χ4n) is 3.55. The van der Waals surface area contributed by atoms with Crippen molar-refractivity contribution in [2.45, 2.75) is 31.5 Å². The fourth-order valence-corrected chi connectivity index (χ4v) is 3.73. The van der Waals surface area contributed by atoms with Crippen LogP contribution in [0.1, 0.15) is 29.6 Å². The quantitative estimate of drug-likeness (QED) is 0.707. The molecule has 1 heterocycles. The van der Waals surface area contributed by atoms with E-state index in [9.17, 15) is 9.59 Å². The maximum atomic E-state index is 12.8. The van der Waals surface area contributed by atoms with E-state index >= 15 is 0 Å². The number of allylic oxidation sites excluding steroid dienone is 1. The van der Waals surface area contributed by atoms with Crippen LogP contribution >= 0.6 is 11.6 Å². The molecule has 2 aromatic rings. The van der Waals surface area contributed by atoms with Gasteiger partial charge in [0.05, 0.1) is 16.5 Å². The first-order valence-corrected chi connectivity index (χ1v) is 9.58. The predicted molar refractivity (Wildman–Crippen MR) is 103 cm³/mol. The highest BCUT2D eigenvalue weighted by molar-refractivity contribution is 6.32. The Balaban J connectivity index is 1.40. The molecule has 1 saturated carbocycles. The molecule has 28 heavy (non-hydrogen) atoms. The molecule has 6 heteroatoms. The maximum Gasteiger partial charge on any atom is 0.338 e. The third kappa shape index (κ3) is 3.90. The molecule has 2 aliphatic rings. The number of esters is 1. The van der Waals surface area contributed by atoms with Crippen molar-refractivity contribution in [2.24, 2.45) is 5.92 Å². The number of rotatable bonds is 4. The number of fused-ring (bicyclic) bond motifs is 1. The molecule has 144 valence electrons. The minimum Gasteiger partial charge on any atom is -0.493 e. The largest absolute Gasteiger partial charge is 0.493 e. The third-order valence-electron chi connectivity index (χ3n) is 5.01. The summed E-state index contributed by atoms with van der Waals surface area (Å²) in [4.78, 5) is 25.1. The molecule has 0 spiro atoms. The normalized spacial score (nSPS) is 23.8. The van der Waals surface area contributed by atoms with Gasteiger partial charge in [0.1, 0.15) is 24.2 Å². The number of ketones is 1. The van der Waals surface area contributed by atoms with Gasteiger partial charge in [-0.25, -0.2) is 4.79 Å². The second-order valence-electron chi connectivity index (χ2n) is 6.87. The molecule has 5 nitrogen and oxygen atoms in total. The number of ether oxygens (including phenoxy) is 3. The summed E-state index contributed by atoms with van der Waals surface area (Å²) >= 11 is 6.09. The zero-order chi connectivity index (χ0) is 19.5. The van der Waals surface area contributed by atoms with Crippen LogP contribution < -0.4 is 4.74 Å². The van der Waals surface area contributed by atoms with Crippen LogP contribution in [0.25, 0.3) is 0 Å². The van der Waals surface area contributed by atoms with E-state index in [0.29, 0.717) is 35.6 Å². The third-order valence-corrected chi connectivity index (χ3v) is 5.33. The van der Waals surface area contributed by atoms with Crippen LogP contribution in [0.4, 0.5) is 0 Å². The van der Waals surface area contributed by atoms with Gasteiger partial charge in [0.2, 0.25) is 11.5 Å². The van der Waals surface area contributed by atoms with Gasteiger partial charge < -0.3 is 14.2 Å². The van der Waals surface area contributed by atoms with Gasteiger partial charge in [0, 0.05) is 6.42 Å². The Morgan fingerprint density at radius 3 is 2.57 bits per heavy atom. The van der Waals surface area contributed by atoms with E-state index in [1.54, 1.807) is 48.5 Å². The van der Waals surface area contributed by atoms with Crippen LogP contribution in [0, 0.1) is 5.92 Å². The molecule has 2 aromatic carbocycles. The summed E-state index contributed by atoms with van der Waals surface area (Å²) in [5, 5.41) is 0.426. The first-order chi connectivity index (χ1) is 13.6. The molecule has 1 aliphatic heterocycles. The monoisotopic (exact) mass is 398 g/mol. The van der Waals surface area contributed by atoms with Crippen molar-refractivity contribution in [3.63, 3.8) is 0 Å². The summed E-state index contributed by atoms with van der Waals surface area (Å²) in [7, 11) is 0. The van der Waals surface area contributed by atoms with Crippen LogP contribution in [-0.2, 0) is 14.3 Å². The van der Waals surface area contributed by atoms with Crippen molar-refractivity contribution in [1.82, 2.24) is 0 Å². The van der Waals surface area contributed by atoms with Crippen molar-refractivity contribution >= 4 is 23.4 Å². The first kappa shape index (κ1) is 18.6. The van der Waals surface area contributed by atoms with Crippen LogP contribution in [-0.4, -0.2) is 24.0 Å². The summed E-state index contributed by atoms with van der Waals surface area (Å²) in [6, 6.07) is 15.8. The van der Waals surface area contributed by atoms with Crippen LogP contribution in [0.3, 0.4) is 0 Å². The lowest BCUT2D eigenvalue weighted by Gasteiger charge is -2.36. The highest BCUT2D eigenvalue weighted by Gasteiger charge is 2.42. The summed E-state index contributed by atoms with van der Waals surface area (Å²) < 4.78 is 17.0. The lowest BCUT2D eigenvalue weighted by atomic mass is 9.80. The predicted octanol–water partition coefficient (Wildman–Crippen LogP) is 4.55. The number of benzene rings is 2. The molecule has 3 atom stereocenters. The molecule has 0 radical (unpaired) electrons. The van der Waals surface area contributed by atoms with Crippen molar-refractivity contribution in [3.05, 3.63) is 77.2 Å². The van der Waals surface area contributed by atoms with Gasteiger partial charge >= 0.3 is 5.97 Å². The summed E-state index contributed by atoms with van der Waals surface area (Å²) in [5.41, 5.74) is 0.514. The van der Waals surface area contributed by atoms with E-state index in [2.05, 4.69) is 0 Å². The summed E-state index contributed by atoms with van der Waals surface area (Å²) in [6.45, 7) is 0. The number of hydrogen-bond acceptors (Lipinski definition) is 5. The van der Waals surface area contributed by atoms with Gasteiger partial charge in [-0.3, -0.25) is 4.79 Å². The number of halogens is 1. The molecule has 1 aliphatic carbocycles. The Hall–Kier alpha value is -2.79. The number of carbonyl (C=O) groups excluding carboxylic acids is 2. The lowest BCUT2D eigenvalue weighted by Crippen LogP contribution is -2.43. The van der Waals surface area contributed by atoms with Gasteiger partial charge in [-0.05, 0) is 37.1 Å². The number of hydrogen-bond donors (Lipinski definition) is 0. The Bertz CT molecular complexity index is 908. The van der Waals surface area contributed by atoms with Gasteiger partial charge in [-0.15, -0.1) is 0 Å². The number of para-hydroxylation sites is 1. The zero-order valence-electron chi connectivity index (χ0n) is 15.0. The van der Waals surface area contributed by atoms with E-state index in [1.807, 2.05) is 6.07 Å². The second-order valence-corrected chi connectivity index (χ2v) is 7.27. The van der Waals surface area contributed by atoms with Gasteiger partial charge in [0.25, 0.3) is 0 Å². The van der Waals surface area contributed by atoms with Crippen LogP contribution in [0.2, 0.25) is 5.02 Å². The van der Waals surface area contributed by atoms with Gasteiger partial charge in [0.15, 0.2) is 0 Å². The molecule has 0 bridgehead atoms. The molecule has 0 aromatic heterocycles. The Morgan fingerprint density at radius 1 is 1.04 bits per heavy atom. The highest BCUT2D eigenvalue weighted by atomic mass is 35.5. The zero-order valence-corrected chi connectivity index (χ0v) is 15.8. The summed E-state index contributed by atoms with van der Waals surface area (Å²) in [5.74, 6) is -0.215. The smallest absolute Gasteiger partial charge is 0.338 e. The minimum absolute atomic E-state index is 0.107. The second kappa shape index (κ2) is 8.07. The fraction of sp³-hybridized carbons (Fsp3) is 0.273. The van der Waals surface area contributed by atoms with Gasteiger partial charge in [-0.1, -0.05) is 41.9 Å². The van der Waals surface area contributed by atoms with Crippen LogP contribution in [0.5, 0.6) is 5.75 Å². The van der Waals surface area contributed by atoms with E-state index in [-0.39, 0.29) is 35.6 Å². The molecule has 0 saturated heterocycles. The number of carbonyl (C=O) groups is 2. The Kier molecular flexibility index (Phi) is 5.35. The van der Waals surface area contributed by atoms with Crippen LogP contribution in [0.15, 0.2) is 66.6 Å². The summed E-state index contributed by atoms with van der Waals surface area (Å²) in [6.07, 6.45) is 2.39. The standard InChI is InChI=1S/C22H19ClO5/c23-17-8-4-5-9-18(17)28-20-13-26-19-12-15(10-11-16(19)21(20)24)27-22(25)14-6-2-1-3-7-14/h1-9,13,15-16,19H,10-12H2. The molecule has 1 fully saturated rings. The van der Waals surface area contributed by atoms with Crippen molar-refractivity contribution in [1.29, 1.82) is 0 Å². The molecular formula is C22H19ClO5. The average Bonchev–Trinajstić information content (AvgIpc) is 2.72. The van der Waals surface area contributed by atoms with Crippen molar-refractivity contribution in [2.75, 3.05) is 0 Å². The maximum absolute atomic E-state index is 12.8. The number of Topliss-reactive ketones (excluding diaryl/α,β-unsaturated/α-hetero) is 1. The molecular weight excluding hydrogens is 380 g/mol. The topological polar surface area (TPSA) is 61.8 Å². The Morgan fingerprint density at radius 2 is 1.79 bits per heavy atom. The van der Waals surface area contributed by atoms with Gasteiger partial charge in [-0.2, -0.15) is 0 Å². The van der Waals surface area contributed by atoms with E-state index in [1.165, 1.54) is 6.26 Å². The van der Waals surface area contributed by atoms with E-state index in [4.69, 9.17) is 25.8 Å². The SMILES string of the molecule is O=C(OC1CCC2C(=O)C(Oc3ccccc3Cl)=COC2C1)c1ccccc1. The van der Waals surface area contributed by atoms with Crippen molar-refractivity contribution < 1.29 is 23.8 Å². The minimum atomic E-state index is -0.357. The van der Waals surface area contributed by atoms with E-state index < -0.39 is 0 Å². The first-order valence-electron chi connectivity index (χ1n) is 9.20.